The Morgan fingerprint density at radius 1 is 1.22 bits per heavy atom. The molecule has 0 fully saturated rings. The average molecular weight is 247 g/mol. The van der Waals surface area contributed by atoms with Crippen molar-refractivity contribution in [1.29, 1.82) is 0 Å². The number of benzene rings is 1. The first kappa shape index (κ1) is 14.7. The molecule has 1 rings (SSSR count). The Labute approximate surface area is 110 Å². The molecule has 0 unspecified atom stereocenters. The summed E-state index contributed by atoms with van der Waals surface area (Å²) in [4.78, 5) is 10.7. The van der Waals surface area contributed by atoms with Crippen LogP contribution >= 0.6 is 0 Å². The van der Waals surface area contributed by atoms with Gasteiger partial charge >= 0.3 is 0 Å². The Balaban J connectivity index is 2.60. The summed E-state index contributed by atoms with van der Waals surface area (Å²) in [7, 11) is 0. The third kappa shape index (κ3) is 4.91. The third-order valence-corrected chi connectivity index (χ3v) is 3.41. The van der Waals surface area contributed by atoms with Gasteiger partial charge in [-0.1, -0.05) is 63.8 Å². The normalized spacial score (nSPS) is 12.3. The molecule has 1 atom stereocenters. The van der Waals surface area contributed by atoms with Gasteiger partial charge in [-0.3, -0.25) is 0 Å². The van der Waals surface area contributed by atoms with Gasteiger partial charge in [0.2, 0.25) is 0 Å². The van der Waals surface area contributed by atoms with Gasteiger partial charge in [0.1, 0.15) is 0 Å². The second kappa shape index (κ2) is 7.91. The highest BCUT2D eigenvalue weighted by atomic mass is 16.4. The summed E-state index contributed by atoms with van der Waals surface area (Å²) in [5.74, 6) is -0.571. The van der Waals surface area contributed by atoms with Gasteiger partial charge in [-0.2, -0.15) is 0 Å². The highest BCUT2D eigenvalue weighted by Gasteiger charge is 2.09. The van der Waals surface area contributed by atoms with Crippen LogP contribution in [-0.2, 0) is 11.2 Å². The Hall–Kier alpha value is -1.31. The highest BCUT2D eigenvalue weighted by molar-refractivity contribution is 5.68. The molecule has 0 N–H and O–H groups in total. The van der Waals surface area contributed by atoms with Crippen molar-refractivity contribution in [2.24, 2.45) is 0 Å². The van der Waals surface area contributed by atoms with E-state index in [0.29, 0.717) is 5.92 Å². The molecule has 0 aliphatic heterocycles. The fourth-order valence-electron chi connectivity index (χ4n) is 2.36. The third-order valence-electron chi connectivity index (χ3n) is 3.41. The summed E-state index contributed by atoms with van der Waals surface area (Å²) in [6.45, 7) is 4.39. The first-order chi connectivity index (χ1) is 8.65. The number of carbonyl (C=O) groups is 1. The van der Waals surface area contributed by atoms with E-state index in [1.165, 1.54) is 25.7 Å². The van der Waals surface area contributed by atoms with Gasteiger partial charge in [0, 0.05) is 12.4 Å². The van der Waals surface area contributed by atoms with Gasteiger partial charge in [0.25, 0.3) is 0 Å². The summed E-state index contributed by atoms with van der Waals surface area (Å²) < 4.78 is 0. The van der Waals surface area contributed by atoms with Gasteiger partial charge in [-0.25, -0.2) is 0 Å². The summed E-state index contributed by atoms with van der Waals surface area (Å²) in [6.07, 6.45) is 6.17. The minimum atomic E-state index is -0.999. The lowest BCUT2D eigenvalue weighted by Crippen LogP contribution is -2.25. The Morgan fingerprint density at radius 3 is 2.61 bits per heavy atom. The minimum Gasteiger partial charge on any atom is -0.550 e. The fraction of sp³-hybridized carbons (Fsp3) is 0.562. The molecule has 0 amide bonds. The van der Waals surface area contributed by atoms with E-state index in [0.717, 1.165) is 17.5 Å². The maximum Gasteiger partial charge on any atom is 0.0458 e. The first-order valence-electron chi connectivity index (χ1n) is 6.92. The maximum absolute atomic E-state index is 10.7. The zero-order valence-corrected chi connectivity index (χ0v) is 11.4. The van der Waals surface area contributed by atoms with Crippen LogP contribution < -0.4 is 5.11 Å². The van der Waals surface area contributed by atoms with E-state index < -0.39 is 5.97 Å². The fourth-order valence-corrected chi connectivity index (χ4v) is 2.36. The lowest BCUT2D eigenvalue weighted by Gasteiger charge is -2.16. The number of carboxylic acids is 1. The molecule has 2 heteroatoms. The minimum absolute atomic E-state index is 0.0233. The zero-order valence-electron chi connectivity index (χ0n) is 11.4. The van der Waals surface area contributed by atoms with Crippen molar-refractivity contribution in [2.45, 2.75) is 58.3 Å². The van der Waals surface area contributed by atoms with Crippen molar-refractivity contribution in [3.05, 3.63) is 35.4 Å². The number of hydrogen-bond donors (Lipinski definition) is 0. The number of unbranched alkanes of at least 4 members (excludes halogenated alkanes) is 3. The molecule has 0 heterocycles. The number of carboxylic acid groups (broad SMARTS) is 1. The number of aliphatic carboxylic acids is 1. The Bertz CT molecular complexity index is 371. The zero-order chi connectivity index (χ0) is 13.4. The second-order valence-corrected chi connectivity index (χ2v) is 5.00. The van der Waals surface area contributed by atoms with Crippen molar-refractivity contribution in [3.8, 4) is 0 Å². The summed E-state index contributed by atoms with van der Waals surface area (Å²) in [6, 6.07) is 7.82. The molecule has 0 bridgehead atoms. The monoisotopic (exact) mass is 247 g/mol. The van der Waals surface area contributed by atoms with Gasteiger partial charge in [-0.15, -0.1) is 0 Å². The van der Waals surface area contributed by atoms with E-state index in [1.807, 2.05) is 24.3 Å². The van der Waals surface area contributed by atoms with Crippen LogP contribution in [0.15, 0.2) is 24.3 Å². The van der Waals surface area contributed by atoms with Crippen LogP contribution in [0, 0.1) is 0 Å². The average Bonchev–Trinajstić information content (AvgIpc) is 2.34. The largest absolute Gasteiger partial charge is 0.550 e. The maximum atomic E-state index is 10.7. The lowest BCUT2D eigenvalue weighted by molar-refractivity contribution is -0.304. The standard InChI is InChI=1S/C16H24O2/c1-3-4-5-6-9-13(2)15-11-8-7-10-14(15)12-16(17)18/h7-8,10-11,13H,3-6,9,12H2,1-2H3,(H,17,18)/p-1/t13-/m1/s1. The molecular weight excluding hydrogens is 224 g/mol. The van der Waals surface area contributed by atoms with E-state index >= 15 is 0 Å². The van der Waals surface area contributed by atoms with E-state index in [-0.39, 0.29) is 6.42 Å². The van der Waals surface area contributed by atoms with Crippen LogP contribution in [0.25, 0.3) is 0 Å². The number of carbonyl (C=O) groups excluding carboxylic acids is 1. The number of hydrogen-bond acceptors (Lipinski definition) is 2. The molecule has 0 aromatic heterocycles. The van der Waals surface area contributed by atoms with Crippen LogP contribution in [0.3, 0.4) is 0 Å². The van der Waals surface area contributed by atoms with Crippen molar-refractivity contribution < 1.29 is 9.90 Å². The molecule has 0 aliphatic rings. The molecule has 0 aliphatic carbocycles. The molecule has 100 valence electrons. The van der Waals surface area contributed by atoms with Gasteiger partial charge < -0.3 is 9.90 Å². The smallest absolute Gasteiger partial charge is 0.0458 e. The highest BCUT2D eigenvalue weighted by Crippen LogP contribution is 2.25. The molecule has 0 saturated carbocycles. The Morgan fingerprint density at radius 2 is 1.94 bits per heavy atom. The molecule has 0 saturated heterocycles. The predicted molar refractivity (Wildman–Crippen MR) is 72.3 cm³/mol. The van der Waals surface area contributed by atoms with Crippen LogP contribution in [-0.4, -0.2) is 5.97 Å². The van der Waals surface area contributed by atoms with Crippen molar-refractivity contribution in [1.82, 2.24) is 0 Å². The van der Waals surface area contributed by atoms with Gasteiger partial charge in [0.15, 0.2) is 0 Å². The molecule has 1 aromatic carbocycles. The topological polar surface area (TPSA) is 40.1 Å². The number of rotatable bonds is 8. The van der Waals surface area contributed by atoms with Crippen molar-refractivity contribution in [2.75, 3.05) is 0 Å². The SMILES string of the molecule is CCCCCC[C@@H](C)c1ccccc1CC(=O)[O-]. The Kier molecular flexibility index (Phi) is 6.48. The molecular formula is C16H23O2-. The molecule has 18 heavy (non-hydrogen) atoms. The molecule has 0 spiro atoms. The van der Waals surface area contributed by atoms with Crippen LogP contribution in [0.2, 0.25) is 0 Å². The lowest BCUT2D eigenvalue weighted by atomic mass is 9.90. The summed E-state index contributed by atoms with van der Waals surface area (Å²) in [5.41, 5.74) is 2.07. The summed E-state index contributed by atoms with van der Waals surface area (Å²) in [5, 5.41) is 10.7. The van der Waals surface area contributed by atoms with Crippen molar-refractivity contribution >= 4 is 5.97 Å². The van der Waals surface area contributed by atoms with E-state index in [2.05, 4.69) is 13.8 Å². The van der Waals surface area contributed by atoms with Gasteiger partial charge in [-0.05, 0) is 23.5 Å². The van der Waals surface area contributed by atoms with Crippen LogP contribution in [0.5, 0.6) is 0 Å². The van der Waals surface area contributed by atoms with E-state index in [1.54, 1.807) is 0 Å². The summed E-state index contributed by atoms with van der Waals surface area (Å²) >= 11 is 0. The van der Waals surface area contributed by atoms with Crippen LogP contribution in [0.1, 0.15) is 63.0 Å². The first-order valence-corrected chi connectivity index (χ1v) is 6.92. The molecule has 1 aromatic rings. The van der Waals surface area contributed by atoms with Crippen LogP contribution in [0.4, 0.5) is 0 Å². The molecule has 2 nitrogen and oxygen atoms in total. The molecule has 0 radical (unpaired) electrons. The van der Waals surface area contributed by atoms with E-state index in [9.17, 15) is 9.90 Å². The van der Waals surface area contributed by atoms with E-state index in [4.69, 9.17) is 0 Å². The van der Waals surface area contributed by atoms with Crippen molar-refractivity contribution in [3.63, 3.8) is 0 Å². The van der Waals surface area contributed by atoms with Gasteiger partial charge in [0.05, 0.1) is 0 Å². The predicted octanol–water partition coefficient (Wildman–Crippen LogP) is 3.05. The second-order valence-electron chi connectivity index (χ2n) is 5.00. The quantitative estimate of drug-likeness (QED) is 0.662.